The van der Waals surface area contributed by atoms with Crippen LogP contribution in [0.2, 0.25) is 0 Å². The summed E-state index contributed by atoms with van der Waals surface area (Å²) in [4.78, 5) is 13.3. The second-order valence-electron chi connectivity index (χ2n) is 13.2. The van der Waals surface area contributed by atoms with Gasteiger partial charge in [-0.1, -0.05) is 39.3 Å². The fourth-order valence-corrected chi connectivity index (χ4v) is 8.64. The molecule has 10 atom stereocenters. The maximum Gasteiger partial charge on any atom is 0.159 e. The molecule has 3 fully saturated rings. The molecule has 0 aromatic rings. The minimum atomic E-state index is -1.48. The van der Waals surface area contributed by atoms with Crippen molar-refractivity contribution in [3.05, 3.63) is 23.3 Å². The van der Waals surface area contributed by atoms with Crippen LogP contribution < -0.4 is 0 Å². The first-order valence-corrected chi connectivity index (χ1v) is 13.7. The predicted octanol–water partition coefficient (Wildman–Crippen LogP) is 2.27. The van der Waals surface area contributed by atoms with Gasteiger partial charge in [0.15, 0.2) is 5.78 Å². The average Bonchev–Trinajstić information content (AvgIpc) is 3.07. The predicted molar refractivity (Wildman–Crippen MR) is 136 cm³/mol. The zero-order chi connectivity index (χ0) is 26.8. The van der Waals surface area contributed by atoms with Crippen LogP contribution in [0.3, 0.4) is 0 Å². The first-order chi connectivity index (χ1) is 16.6. The van der Waals surface area contributed by atoms with Gasteiger partial charge in [-0.05, 0) is 86.7 Å². The highest BCUT2D eigenvalue weighted by atomic mass is 16.3. The highest BCUT2D eigenvalue weighted by Gasteiger charge is 2.69. The Bertz CT molecular complexity index is 938. The lowest BCUT2D eigenvalue weighted by Gasteiger charge is -2.60. The number of allylic oxidation sites excluding steroid dienone is 1. The molecule has 0 heterocycles. The van der Waals surface area contributed by atoms with Crippen LogP contribution in [0.5, 0.6) is 0 Å². The molecule has 4 aliphatic carbocycles. The van der Waals surface area contributed by atoms with Crippen LogP contribution >= 0.6 is 0 Å². The van der Waals surface area contributed by atoms with Crippen molar-refractivity contribution < 1.29 is 35.4 Å². The number of carbonyl (C=O) groups excluding carboxylic acids is 1. The van der Waals surface area contributed by atoms with Gasteiger partial charge in [0.25, 0.3) is 0 Å². The van der Waals surface area contributed by atoms with Gasteiger partial charge in [-0.15, -0.1) is 0 Å². The standard InChI is InChI=1S/C29H46O7/c1-16(2)17(8-11-30)12-25(34)28(5,35)24-7-10-29(36)19-13-21(31)20-14-22(32)23(33)15-26(20,3)18(19)6-9-27(24,29)4/h8,13,16,18,20,22-25,30,32-36H,6-7,9-12,14-15H2,1-5H3. The third kappa shape index (κ3) is 3.97. The summed E-state index contributed by atoms with van der Waals surface area (Å²) in [5.74, 6) is -0.848. The molecule has 0 spiro atoms. The molecule has 36 heavy (non-hydrogen) atoms. The third-order valence-electron chi connectivity index (χ3n) is 11.0. The van der Waals surface area contributed by atoms with Gasteiger partial charge in [0.1, 0.15) is 0 Å². The molecule has 0 aromatic carbocycles. The molecule has 0 amide bonds. The molecule has 4 rings (SSSR count). The van der Waals surface area contributed by atoms with E-state index in [1.165, 1.54) is 0 Å². The number of aliphatic hydroxyl groups is 6. The van der Waals surface area contributed by atoms with E-state index in [9.17, 15) is 35.4 Å². The van der Waals surface area contributed by atoms with Crippen LogP contribution in [0.25, 0.3) is 0 Å². The van der Waals surface area contributed by atoms with Crippen LogP contribution in [0, 0.1) is 34.5 Å². The van der Waals surface area contributed by atoms with E-state index in [1.54, 1.807) is 19.1 Å². The quantitative estimate of drug-likeness (QED) is 0.304. The Balaban J connectivity index is 1.67. The Morgan fingerprint density at radius 1 is 1.17 bits per heavy atom. The third-order valence-corrected chi connectivity index (χ3v) is 11.0. The Morgan fingerprint density at radius 2 is 1.83 bits per heavy atom. The smallest absolute Gasteiger partial charge is 0.159 e. The van der Waals surface area contributed by atoms with Gasteiger partial charge in [0.2, 0.25) is 0 Å². The van der Waals surface area contributed by atoms with Crippen molar-refractivity contribution in [2.45, 2.75) is 109 Å². The molecule has 6 N–H and O–H groups in total. The van der Waals surface area contributed by atoms with E-state index in [2.05, 4.69) is 0 Å². The van der Waals surface area contributed by atoms with E-state index in [1.807, 2.05) is 27.7 Å². The maximum atomic E-state index is 13.3. The second kappa shape index (κ2) is 9.28. The molecule has 10 unspecified atom stereocenters. The van der Waals surface area contributed by atoms with Gasteiger partial charge in [-0.25, -0.2) is 0 Å². The number of rotatable bonds is 6. The topological polar surface area (TPSA) is 138 Å². The molecule has 7 heteroatoms. The molecule has 204 valence electrons. The monoisotopic (exact) mass is 506 g/mol. The van der Waals surface area contributed by atoms with Crippen LogP contribution in [-0.4, -0.2) is 72.5 Å². The highest BCUT2D eigenvalue weighted by molar-refractivity contribution is 5.95. The number of hydrogen-bond acceptors (Lipinski definition) is 7. The first kappa shape index (κ1) is 27.9. The average molecular weight is 507 g/mol. The molecule has 0 saturated heterocycles. The van der Waals surface area contributed by atoms with Gasteiger partial charge in [0.05, 0.1) is 36.1 Å². The number of ketones is 1. The summed E-state index contributed by atoms with van der Waals surface area (Å²) in [6.07, 6.45) is 3.43. The summed E-state index contributed by atoms with van der Waals surface area (Å²) in [5, 5.41) is 65.4. The summed E-state index contributed by atoms with van der Waals surface area (Å²) in [5.41, 5.74) is -2.47. The normalized spacial score (nSPS) is 45.4. The fourth-order valence-electron chi connectivity index (χ4n) is 8.64. The number of aliphatic hydroxyl groups excluding tert-OH is 4. The molecule has 0 aromatic heterocycles. The van der Waals surface area contributed by atoms with Gasteiger partial charge < -0.3 is 30.6 Å². The number of hydrogen-bond donors (Lipinski definition) is 6. The lowest BCUT2D eigenvalue weighted by atomic mass is 9.45. The van der Waals surface area contributed by atoms with Crippen molar-refractivity contribution in [2.24, 2.45) is 34.5 Å². The van der Waals surface area contributed by atoms with Gasteiger partial charge in [-0.3, -0.25) is 4.79 Å². The summed E-state index contributed by atoms with van der Waals surface area (Å²) in [6.45, 7) is 9.50. The van der Waals surface area contributed by atoms with E-state index in [-0.39, 0.29) is 43.0 Å². The van der Waals surface area contributed by atoms with Crippen molar-refractivity contribution in [2.75, 3.05) is 6.61 Å². The lowest BCUT2D eigenvalue weighted by Crippen LogP contribution is -2.62. The van der Waals surface area contributed by atoms with E-state index < -0.39 is 46.3 Å². The van der Waals surface area contributed by atoms with Crippen molar-refractivity contribution in [1.29, 1.82) is 0 Å². The largest absolute Gasteiger partial charge is 0.392 e. The fraction of sp³-hybridized carbons (Fsp3) is 0.828. The van der Waals surface area contributed by atoms with Crippen LogP contribution in [-0.2, 0) is 4.79 Å². The van der Waals surface area contributed by atoms with Gasteiger partial charge in [0, 0.05) is 11.3 Å². The van der Waals surface area contributed by atoms with Crippen molar-refractivity contribution in [3.8, 4) is 0 Å². The minimum absolute atomic E-state index is 0.0888. The summed E-state index contributed by atoms with van der Waals surface area (Å²) in [7, 11) is 0. The lowest BCUT2D eigenvalue weighted by molar-refractivity contribution is -0.175. The molecule has 4 aliphatic rings. The summed E-state index contributed by atoms with van der Waals surface area (Å²) in [6, 6.07) is 0. The Hall–Kier alpha value is -1.09. The molecular weight excluding hydrogens is 460 g/mol. The van der Waals surface area contributed by atoms with Gasteiger partial charge >= 0.3 is 0 Å². The van der Waals surface area contributed by atoms with Gasteiger partial charge in [-0.2, -0.15) is 0 Å². The number of fused-ring (bicyclic) bond motifs is 5. The zero-order valence-corrected chi connectivity index (χ0v) is 22.4. The molecule has 7 nitrogen and oxygen atoms in total. The first-order valence-electron chi connectivity index (χ1n) is 13.7. The second-order valence-corrected chi connectivity index (χ2v) is 13.2. The van der Waals surface area contributed by atoms with Crippen LogP contribution in [0.15, 0.2) is 23.3 Å². The van der Waals surface area contributed by atoms with Crippen LogP contribution in [0.1, 0.15) is 79.6 Å². The van der Waals surface area contributed by atoms with E-state index in [0.29, 0.717) is 37.7 Å². The SMILES string of the molecule is CC(C)C(=CCO)CC(O)C(C)(O)C1CCC2(O)C3=CC(=O)C4CC(O)C(O)CC4(C)C3CCC12C. The van der Waals surface area contributed by atoms with Crippen molar-refractivity contribution >= 4 is 5.78 Å². The summed E-state index contributed by atoms with van der Waals surface area (Å²) < 4.78 is 0. The van der Waals surface area contributed by atoms with E-state index in [4.69, 9.17) is 0 Å². The van der Waals surface area contributed by atoms with E-state index >= 15 is 0 Å². The molecule has 0 aliphatic heterocycles. The Kier molecular flexibility index (Phi) is 7.20. The Labute approximate surface area is 214 Å². The van der Waals surface area contributed by atoms with Crippen molar-refractivity contribution in [3.63, 3.8) is 0 Å². The summed E-state index contributed by atoms with van der Waals surface area (Å²) >= 11 is 0. The molecule has 0 radical (unpaired) electrons. The van der Waals surface area contributed by atoms with Crippen LogP contribution in [0.4, 0.5) is 0 Å². The number of carbonyl (C=O) groups is 1. The molecule has 3 saturated carbocycles. The minimum Gasteiger partial charge on any atom is -0.392 e. The highest BCUT2D eigenvalue weighted by Crippen LogP contribution is 2.68. The van der Waals surface area contributed by atoms with E-state index in [0.717, 1.165) is 5.57 Å². The van der Waals surface area contributed by atoms with Crippen molar-refractivity contribution in [1.82, 2.24) is 0 Å². The maximum absolute atomic E-state index is 13.3. The zero-order valence-electron chi connectivity index (χ0n) is 22.4. The molecule has 0 bridgehead atoms. The molecular formula is C29H46O7. The Morgan fingerprint density at radius 3 is 2.44 bits per heavy atom.